The minimum Gasteiger partial charge on any atom is -0.0593 e. The maximum Gasteiger partial charge on any atom is -0.0267 e. The highest BCUT2D eigenvalue weighted by Gasteiger charge is 2.51. The maximum absolute atomic E-state index is 2.59. The van der Waals surface area contributed by atoms with Crippen molar-refractivity contribution in [1.82, 2.24) is 0 Å². The van der Waals surface area contributed by atoms with Crippen LogP contribution in [-0.4, -0.2) is 0 Å². The van der Waals surface area contributed by atoms with Gasteiger partial charge in [-0.3, -0.25) is 0 Å². The minimum atomic E-state index is 0.549. The van der Waals surface area contributed by atoms with Crippen molar-refractivity contribution in [2.24, 2.45) is 16.7 Å². The molecule has 2 aliphatic rings. The lowest BCUT2D eigenvalue weighted by Gasteiger charge is -2.32. The van der Waals surface area contributed by atoms with Crippen LogP contribution in [0, 0.1) is 23.2 Å². The summed E-state index contributed by atoms with van der Waals surface area (Å²) >= 11 is 0. The molecular formula is C10H17. The third-order valence-corrected chi connectivity index (χ3v) is 3.55. The summed E-state index contributed by atoms with van der Waals surface area (Å²) < 4.78 is 0. The van der Waals surface area contributed by atoms with Crippen molar-refractivity contribution >= 4 is 0 Å². The molecule has 2 rings (SSSR count). The van der Waals surface area contributed by atoms with Crippen LogP contribution in [0.5, 0.6) is 0 Å². The summed E-state index contributed by atoms with van der Waals surface area (Å²) in [5.41, 5.74) is 1.17. The molecule has 2 aliphatic carbocycles. The summed E-state index contributed by atoms with van der Waals surface area (Å²) in [5, 5.41) is 0. The number of rotatable bonds is 0. The van der Waals surface area contributed by atoms with Crippen molar-refractivity contribution < 1.29 is 0 Å². The van der Waals surface area contributed by atoms with Crippen molar-refractivity contribution in [1.29, 1.82) is 0 Å². The lowest BCUT2D eigenvalue weighted by molar-refractivity contribution is 0.266. The van der Waals surface area contributed by atoms with Gasteiger partial charge in [-0.25, -0.2) is 0 Å². The molecule has 0 saturated heterocycles. The third kappa shape index (κ3) is 0.741. The molecule has 0 aromatic heterocycles. The van der Waals surface area contributed by atoms with E-state index in [0.29, 0.717) is 10.8 Å². The van der Waals surface area contributed by atoms with E-state index in [-0.39, 0.29) is 0 Å². The van der Waals surface area contributed by atoms with Gasteiger partial charge in [-0.2, -0.15) is 0 Å². The minimum absolute atomic E-state index is 0.549. The second-order valence-electron chi connectivity index (χ2n) is 5.06. The Morgan fingerprint density at radius 1 is 1.30 bits per heavy atom. The van der Waals surface area contributed by atoms with Gasteiger partial charge >= 0.3 is 0 Å². The topological polar surface area (TPSA) is 0 Å². The molecule has 2 saturated carbocycles. The molecule has 0 spiro atoms. The standard InChI is InChI=1S/C10H17/c1-9(2)7-10(3)5-4-8(9)6-10/h7-8H,4-6H2,1-3H3/t8?,10-/m1/s1. The average molecular weight is 137 g/mol. The molecule has 2 fully saturated rings. The molecule has 1 unspecified atom stereocenters. The Hall–Kier alpha value is 0. The zero-order valence-corrected chi connectivity index (χ0v) is 7.28. The van der Waals surface area contributed by atoms with E-state index >= 15 is 0 Å². The SMILES string of the molecule is CC1(C)[CH][C@]2(C)CCC1C2. The van der Waals surface area contributed by atoms with E-state index in [1.165, 1.54) is 19.3 Å². The normalized spacial score (nSPS) is 50.1. The van der Waals surface area contributed by atoms with Crippen LogP contribution in [0.4, 0.5) is 0 Å². The Morgan fingerprint density at radius 3 is 2.20 bits per heavy atom. The van der Waals surface area contributed by atoms with Gasteiger partial charge in [0.05, 0.1) is 0 Å². The van der Waals surface area contributed by atoms with Gasteiger partial charge in [0.15, 0.2) is 0 Å². The van der Waals surface area contributed by atoms with Gasteiger partial charge in [-0.15, -0.1) is 0 Å². The van der Waals surface area contributed by atoms with E-state index in [2.05, 4.69) is 27.2 Å². The van der Waals surface area contributed by atoms with E-state index in [1.54, 1.807) is 0 Å². The Bertz CT molecular complexity index is 155. The first-order valence-corrected chi connectivity index (χ1v) is 4.39. The maximum atomic E-state index is 2.59. The van der Waals surface area contributed by atoms with Crippen LogP contribution in [-0.2, 0) is 0 Å². The zero-order chi connectivity index (χ0) is 7.41. The lowest BCUT2D eigenvalue weighted by atomic mass is 9.73. The van der Waals surface area contributed by atoms with Gasteiger partial charge in [0.25, 0.3) is 0 Å². The van der Waals surface area contributed by atoms with Crippen molar-refractivity contribution in [3.8, 4) is 0 Å². The summed E-state index contributed by atoms with van der Waals surface area (Å²) in [6.45, 7) is 7.20. The monoisotopic (exact) mass is 137 g/mol. The molecule has 1 radical (unpaired) electrons. The van der Waals surface area contributed by atoms with Gasteiger partial charge in [0.1, 0.15) is 0 Å². The molecule has 0 amide bonds. The smallest absolute Gasteiger partial charge is 0.0267 e. The van der Waals surface area contributed by atoms with Crippen LogP contribution < -0.4 is 0 Å². The number of hydrogen-bond acceptors (Lipinski definition) is 0. The van der Waals surface area contributed by atoms with Gasteiger partial charge in [-0.1, -0.05) is 20.8 Å². The van der Waals surface area contributed by atoms with Gasteiger partial charge in [0, 0.05) is 0 Å². The van der Waals surface area contributed by atoms with E-state index in [9.17, 15) is 0 Å². The highest BCUT2D eigenvalue weighted by atomic mass is 14.6. The zero-order valence-electron chi connectivity index (χ0n) is 7.28. The highest BCUT2D eigenvalue weighted by molar-refractivity contribution is 5.13. The van der Waals surface area contributed by atoms with E-state index < -0.39 is 0 Å². The summed E-state index contributed by atoms with van der Waals surface area (Å²) in [4.78, 5) is 0. The highest BCUT2D eigenvalue weighted by Crippen LogP contribution is 2.61. The van der Waals surface area contributed by atoms with Crippen LogP contribution in [0.2, 0.25) is 0 Å². The summed E-state index contributed by atoms with van der Waals surface area (Å²) in [6, 6.07) is 0. The lowest BCUT2D eigenvalue weighted by Crippen LogP contribution is -2.23. The molecule has 2 bridgehead atoms. The molecule has 0 nitrogen and oxygen atoms in total. The first-order chi connectivity index (χ1) is 4.52. The molecule has 0 heterocycles. The summed E-state index contributed by atoms with van der Waals surface area (Å²) in [7, 11) is 0. The van der Waals surface area contributed by atoms with E-state index in [0.717, 1.165) is 5.92 Å². The average Bonchev–Trinajstić information content (AvgIpc) is 2.16. The molecule has 0 N–H and O–H groups in total. The van der Waals surface area contributed by atoms with Gasteiger partial charge < -0.3 is 0 Å². The number of fused-ring (bicyclic) bond motifs is 2. The van der Waals surface area contributed by atoms with Crippen LogP contribution in [0.1, 0.15) is 40.0 Å². The van der Waals surface area contributed by atoms with Crippen molar-refractivity contribution in [3.63, 3.8) is 0 Å². The van der Waals surface area contributed by atoms with E-state index in [4.69, 9.17) is 0 Å². The molecule has 57 valence electrons. The van der Waals surface area contributed by atoms with Crippen LogP contribution >= 0.6 is 0 Å². The Morgan fingerprint density at radius 2 is 2.00 bits per heavy atom. The van der Waals surface area contributed by atoms with Crippen LogP contribution in [0.3, 0.4) is 0 Å². The fraction of sp³-hybridized carbons (Fsp3) is 0.900. The Kier molecular flexibility index (Phi) is 1.07. The summed E-state index contributed by atoms with van der Waals surface area (Å²) in [6.07, 6.45) is 6.97. The molecule has 2 atom stereocenters. The predicted octanol–water partition coefficient (Wildman–Crippen LogP) is 3.04. The third-order valence-electron chi connectivity index (χ3n) is 3.55. The van der Waals surface area contributed by atoms with Crippen LogP contribution in [0.25, 0.3) is 0 Å². The molecule has 0 heteroatoms. The van der Waals surface area contributed by atoms with Gasteiger partial charge in [0.2, 0.25) is 0 Å². The van der Waals surface area contributed by atoms with Crippen molar-refractivity contribution in [2.45, 2.75) is 40.0 Å². The molecule has 10 heavy (non-hydrogen) atoms. The first kappa shape index (κ1) is 6.69. The first-order valence-electron chi connectivity index (χ1n) is 4.39. The predicted molar refractivity (Wildman–Crippen MR) is 43.5 cm³/mol. The Balaban J connectivity index is 2.25. The Labute approximate surface area is 64.0 Å². The second-order valence-corrected chi connectivity index (χ2v) is 5.06. The largest absolute Gasteiger partial charge is 0.0593 e. The van der Waals surface area contributed by atoms with Gasteiger partial charge in [-0.05, 0) is 42.4 Å². The van der Waals surface area contributed by atoms with E-state index in [1.807, 2.05) is 0 Å². The quantitative estimate of drug-likeness (QED) is 0.481. The molecule has 0 aromatic carbocycles. The summed E-state index contributed by atoms with van der Waals surface area (Å²) in [5.74, 6) is 0.998. The van der Waals surface area contributed by atoms with Crippen molar-refractivity contribution in [2.75, 3.05) is 0 Å². The molecule has 0 aromatic rings. The fourth-order valence-electron chi connectivity index (χ4n) is 3.05. The second kappa shape index (κ2) is 1.60. The number of hydrogen-bond donors (Lipinski definition) is 0. The molecule has 0 aliphatic heterocycles. The fourth-order valence-corrected chi connectivity index (χ4v) is 3.05. The van der Waals surface area contributed by atoms with Crippen LogP contribution in [0.15, 0.2) is 0 Å². The van der Waals surface area contributed by atoms with Crippen molar-refractivity contribution in [3.05, 3.63) is 6.42 Å². The molecular weight excluding hydrogens is 120 g/mol.